The second kappa shape index (κ2) is 12.5. The summed E-state index contributed by atoms with van der Waals surface area (Å²) in [6.45, 7) is 11.5. The van der Waals surface area contributed by atoms with Crippen LogP contribution in [0.25, 0.3) is 0 Å². The zero-order chi connectivity index (χ0) is 23.1. The lowest BCUT2D eigenvalue weighted by atomic mass is 9.84. The molecule has 1 aliphatic rings. The summed E-state index contributed by atoms with van der Waals surface area (Å²) in [5.41, 5.74) is 1.20. The van der Waals surface area contributed by atoms with E-state index in [1.165, 1.54) is 5.56 Å². The highest BCUT2D eigenvalue weighted by Gasteiger charge is 2.24. The van der Waals surface area contributed by atoms with E-state index in [4.69, 9.17) is 9.47 Å². The summed E-state index contributed by atoms with van der Waals surface area (Å²) in [6, 6.07) is 8.67. The van der Waals surface area contributed by atoms with Gasteiger partial charge in [-0.05, 0) is 30.0 Å². The predicted octanol–water partition coefficient (Wildman–Crippen LogP) is 3.53. The molecule has 0 radical (unpaired) electrons. The predicted molar refractivity (Wildman–Crippen MR) is 143 cm³/mol. The molecule has 1 atom stereocenters. The zero-order valence-electron chi connectivity index (χ0n) is 20.7. The van der Waals surface area contributed by atoms with Gasteiger partial charge in [-0.2, -0.15) is 5.10 Å². The molecular weight excluding hydrogens is 531 g/mol. The van der Waals surface area contributed by atoms with Gasteiger partial charge in [0, 0.05) is 38.6 Å². The number of aromatic nitrogens is 3. The molecule has 33 heavy (non-hydrogen) atoms. The Labute approximate surface area is 215 Å². The molecule has 9 heteroatoms. The first kappa shape index (κ1) is 27.4. The number of hydrogen-bond acceptors (Lipinski definition) is 5. The number of nitrogens with one attached hydrogen (secondary N) is 2. The molecular formula is C24H39IN6O2. The topological polar surface area (TPSA) is 85.6 Å². The first-order valence-corrected chi connectivity index (χ1v) is 11.4. The Hall–Kier alpha value is -1.88. The molecule has 184 valence electrons. The Balaban J connectivity index is 0.00000385. The van der Waals surface area contributed by atoms with E-state index in [-0.39, 0.29) is 35.4 Å². The molecule has 0 spiro atoms. The van der Waals surface area contributed by atoms with Gasteiger partial charge in [0.25, 0.3) is 0 Å². The third kappa shape index (κ3) is 7.84. The van der Waals surface area contributed by atoms with Crippen LogP contribution in [-0.2, 0) is 29.7 Å². The molecule has 1 aromatic carbocycles. The van der Waals surface area contributed by atoms with Gasteiger partial charge >= 0.3 is 0 Å². The molecule has 2 heterocycles. The van der Waals surface area contributed by atoms with Crippen molar-refractivity contribution in [2.45, 2.75) is 65.1 Å². The number of halogens is 1. The number of nitrogens with zero attached hydrogens (tertiary/aromatic N) is 4. The van der Waals surface area contributed by atoms with Crippen LogP contribution in [0.2, 0.25) is 0 Å². The summed E-state index contributed by atoms with van der Waals surface area (Å²) in [7, 11) is 3.47. The highest BCUT2D eigenvalue weighted by Crippen LogP contribution is 2.25. The lowest BCUT2D eigenvalue weighted by Gasteiger charge is -2.29. The molecule has 0 saturated heterocycles. The summed E-state index contributed by atoms with van der Waals surface area (Å²) >= 11 is 0. The van der Waals surface area contributed by atoms with Crippen LogP contribution in [0.5, 0.6) is 5.75 Å². The van der Waals surface area contributed by atoms with E-state index >= 15 is 0 Å². The van der Waals surface area contributed by atoms with E-state index in [0.29, 0.717) is 12.5 Å². The standard InChI is InChI=1S/C24H38N6O2.HI/c1-17(2)14-32-20-10-7-18(8-11-20)24(3,4)16-26-23(25-5)27-19-9-12-22-28-21(15-31-6)29-30(22)13-19;/h7-8,10-11,17,19H,9,12-16H2,1-6H3,(H2,25,26,27);1H. The van der Waals surface area contributed by atoms with Crippen LogP contribution in [0.1, 0.15) is 51.3 Å². The fourth-order valence-corrected chi connectivity index (χ4v) is 3.73. The van der Waals surface area contributed by atoms with Crippen molar-refractivity contribution in [3.8, 4) is 5.75 Å². The van der Waals surface area contributed by atoms with E-state index < -0.39 is 0 Å². The van der Waals surface area contributed by atoms with E-state index in [9.17, 15) is 0 Å². The lowest BCUT2D eigenvalue weighted by Crippen LogP contribution is -2.49. The number of hydrogen-bond donors (Lipinski definition) is 2. The van der Waals surface area contributed by atoms with Crippen molar-refractivity contribution >= 4 is 29.9 Å². The fourth-order valence-electron chi connectivity index (χ4n) is 3.73. The Bertz CT molecular complexity index is 895. The Morgan fingerprint density at radius 2 is 2.00 bits per heavy atom. The van der Waals surface area contributed by atoms with Gasteiger partial charge in [-0.1, -0.05) is 39.8 Å². The number of aliphatic imine (C=N–C) groups is 1. The normalized spacial score (nSPS) is 16.2. The fraction of sp³-hybridized carbons (Fsp3) is 0.625. The second-order valence-corrected chi connectivity index (χ2v) is 9.48. The van der Waals surface area contributed by atoms with E-state index in [1.807, 2.05) is 11.7 Å². The summed E-state index contributed by atoms with van der Waals surface area (Å²) in [5.74, 6) is 4.01. The van der Waals surface area contributed by atoms with Crippen molar-refractivity contribution < 1.29 is 9.47 Å². The van der Waals surface area contributed by atoms with Gasteiger partial charge in [-0.25, -0.2) is 9.67 Å². The van der Waals surface area contributed by atoms with Crippen LogP contribution < -0.4 is 15.4 Å². The van der Waals surface area contributed by atoms with Crippen LogP contribution in [0.15, 0.2) is 29.3 Å². The third-order valence-electron chi connectivity index (χ3n) is 5.66. The van der Waals surface area contributed by atoms with Gasteiger partial charge < -0.3 is 20.1 Å². The van der Waals surface area contributed by atoms with E-state index in [0.717, 1.165) is 55.9 Å². The number of fused-ring (bicyclic) bond motifs is 1. The van der Waals surface area contributed by atoms with Gasteiger partial charge in [0.2, 0.25) is 0 Å². The van der Waals surface area contributed by atoms with Crippen LogP contribution in [-0.4, -0.2) is 54.1 Å². The second-order valence-electron chi connectivity index (χ2n) is 9.48. The van der Waals surface area contributed by atoms with Crippen LogP contribution in [0, 0.1) is 5.92 Å². The third-order valence-corrected chi connectivity index (χ3v) is 5.66. The number of ether oxygens (including phenoxy) is 2. The number of aryl methyl sites for hydroxylation is 1. The van der Waals surface area contributed by atoms with Crippen molar-refractivity contribution in [1.82, 2.24) is 25.4 Å². The Morgan fingerprint density at radius 3 is 2.64 bits per heavy atom. The molecule has 0 bridgehead atoms. The van der Waals surface area contributed by atoms with Gasteiger partial charge in [0.1, 0.15) is 18.2 Å². The average Bonchev–Trinajstić information content (AvgIpc) is 3.17. The van der Waals surface area contributed by atoms with E-state index in [1.54, 1.807) is 7.11 Å². The van der Waals surface area contributed by atoms with Crippen molar-refractivity contribution in [2.24, 2.45) is 10.9 Å². The summed E-state index contributed by atoms with van der Waals surface area (Å²) < 4.78 is 12.9. The molecule has 1 aromatic heterocycles. The van der Waals surface area contributed by atoms with Gasteiger partial charge in [-0.15, -0.1) is 24.0 Å². The molecule has 3 rings (SSSR count). The minimum Gasteiger partial charge on any atom is -0.493 e. The Morgan fingerprint density at radius 1 is 1.27 bits per heavy atom. The molecule has 1 unspecified atom stereocenters. The monoisotopic (exact) mass is 570 g/mol. The minimum atomic E-state index is -0.0606. The Kier molecular flexibility index (Phi) is 10.4. The minimum absolute atomic E-state index is 0. The van der Waals surface area contributed by atoms with Gasteiger partial charge in [-0.3, -0.25) is 4.99 Å². The molecule has 0 saturated carbocycles. The molecule has 2 N–H and O–H groups in total. The maximum Gasteiger partial charge on any atom is 0.191 e. The van der Waals surface area contributed by atoms with Crippen molar-refractivity contribution in [3.63, 3.8) is 0 Å². The van der Waals surface area contributed by atoms with E-state index in [2.05, 4.69) is 77.7 Å². The number of guanidine groups is 1. The molecule has 0 amide bonds. The van der Waals surface area contributed by atoms with Crippen molar-refractivity contribution in [1.29, 1.82) is 0 Å². The first-order valence-electron chi connectivity index (χ1n) is 11.4. The largest absolute Gasteiger partial charge is 0.493 e. The maximum atomic E-state index is 5.81. The highest BCUT2D eigenvalue weighted by atomic mass is 127. The highest BCUT2D eigenvalue weighted by molar-refractivity contribution is 14.0. The summed E-state index contributed by atoms with van der Waals surface area (Å²) in [5, 5.41) is 11.6. The van der Waals surface area contributed by atoms with Crippen molar-refractivity contribution in [2.75, 3.05) is 27.3 Å². The van der Waals surface area contributed by atoms with Crippen LogP contribution >= 0.6 is 24.0 Å². The van der Waals surface area contributed by atoms with Crippen molar-refractivity contribution in [3.05, 3.63) is 41.5 Å². The first-order chi connectivity index (χ1) is 15.3. The van der Waals surface area contributed by atoms with Crippen LogP contribution in [0.3, 0.4) is 0 Å². The number of rotatable bonds is 9. The van der Waals surface area contributed by atoms with Gasteiger partial charge in [0.15, 0.2) is 11.8 Å². The smallest absolute Gasteiger partial charge is 0.191 e. The molecule has 1 aliphatic heterocycles. The number of benzene rings is 1. The van der Waals surface area contributed by atoms with Gasteiger partial charge in [0.05, 0.1) is 13.2 Å². The molecule has 8 nitrogen and oxygen atoms in total. The lowest BCUT2D eigenvalue weighted by molar-refractivity contribution is 0.177. The average molecular weight is 571 g/mol. The number of methoxy groups -OCH3 is 1. The molecule has 2 aromatic rings. The summed E-state index contributed by atoms with van der Waals surface area (Å²) in [6.07, 6.45) is 1.88. The summed E-state index contributed by atoms with van der Waals surface area (Å²) in [4.78, 5) is 8.98. The molecule has 0 aliphatic carbocycles. The van der Waals surface area contributed by atoms with Crippen LogP contribution in [0.4, 0.5) is 0 Å². The maximum absolute atomic E-state index is 5.81. The zero-order valence-corrected chi connectivity index (χ0v) is 23.1. The molecule has 0 fully saturated rings. The SMILES string of the molecule is CN=C(NCC(C)(C)c1ccc(OCC(C)C)cc1)NC1CCc2nc(COC)nn2C1.I. The quantitative estimate of drug-likeness (QED) is 0.273.